The van der Waals surface area contributed by atoms with E-state index in [2.05, 4.69) is 6.58 Å². The third-order valence-corrected chi connectivity index (χ3v) is 3.25. The van der Waals surface area contributed by atoms with Crippen LogP contribution < -0.4 is 9.47 Å². The van der Waals surface area contributed by atoms with E-state index in [1.54, 1.807) is 6.07 Å². The second-order valence-corrected chi connectivity index (χ2v) is 5.00. The molecule has 1 aromatic carbocycles. The molecule has 25 heavy (non-hydrogen) atoms. The number of hydrogen-bond acceptors (Lipinski definition) is 7. The monoisotopic (exact) mass is 350 g/mol. The highest BCUT2D eigenvalue weighted by molar-refractivity contribution is 5.93. The fraction of sp³-hybridized carbons (Fsp3) is 0.389. The zero-order valence-electron chi connectivity index (χ0n) is 14.2. The van der Waals surface area contributed by atoms with Crippen LogP contribution in [0.1, 0.15) is 36.0 Å². The van der Waals surface area contributed by atoms with E-state index >= 15 is 0 Å². The van der Waals surface area contributed by atoms with Crippen LogP contribution >= 0.6 is 0 Å². The number of rotatable bonds is 12. The second kappa shape index (κ2) is 11.7. The number of unbranched alkanes of at least 4 members (excludes halogenated alkanes) is 3. The van der Waals surface area contributed by atoms with Crippen LogP contribution in [0, 0.1) is 0 Å². The molecule has 136 valence electrons. The van der Waals surface area contributed by atoms with Gasteiger partial charge >= 0.3 is 11.9 Å². The Morgan fingerprint density at radius 2 is 1.84 bits per heavy atom. The van der Waals surface area contributed by atoms with Gasteiger partial charge in [0, 0.05) is 6.08 Å². The second-order valence-electron chi connectivity index (χ2n) is 5.00. The molecule has 0 saturated carbocycles. The minimum atomic E-state index is -0.574. The standard InChI is InChI=1S/C18H22O7/c1-3-17(20)24-11-7-5-4-6-10-23-16-9-8-14(25-13-19)12-15(16)18(21)22-2/h3,8-9,12-13H,1,4-7,10-11H2,2H3. The molecular weight excluding hydrogens is 328 g/mol. The first-order chi connectivity index (χ1) is 12.1. The van der Waals surface area contributed by atoms with E-state index in [1.807, 2.05) is 0 Å². The van der Waals surface area contributed by atoms with Gasteiger partial charge in [0.2, 0.25) is 0 Å². The zero-order chi connectivity index (χ0) is 18.5. The molecule has 0 fully saturated rings. The minimum absolute atomic E-state index is 0.193. The van der Waals surface area contributed by atoms with Crippen LogP contribution in [0.5, 0.6) is 11.5 Å². The van der Waals surface area contributed by atoms with Crippen LogP contribution in [0.2, 0.25) is 0 Å². The van der Waals surface area contributed by atoms with Gasteiger partial charge in [0.15, 0.2) is 0 Å². The van der Waals surface area contributed by atoms with Crippen molar-refractivity contribution in [2.24, 2.45) is 0 Å². The summed E-state index contributed by atoms with van der Waals surface area (Å²) in [5, 5.41) is 0. The van der Waals surface area contributed by atoms with Gasteiger partial charge in [-0.15, -0.1) is 0 Å². The Kier molecular flexibility index (Phi) is 9.43. The third-order valence-electron chi connectivity index (χ3n) is 3.25. The Bertz CT molecular complexity index is 595. The van der Waals surface area contributed by atoms with E-state index in [1.165, 1.54) is 19.2 Å². The van der Waals surface area contributed by atoms with Gasteiger partial charge in [-0.2, -0.15) is 0 Å². The number of ether oxygens (including phenoxy) is 4. The number of methoxy groups -OCH3 is 1. The lowest BCUT2D eigenvalue weighted by molar-refractivity contribution is -0.137. The van der Waals surface area contributed by atoms with E-state index in [0.717, 1.165) is 31.8 Å². The van der Waals surface area contributed by atoms with Gasteiger partial charge in [-0.05, 0) is 43.9 Å². The Morgan fingerprint density at radius 1 is 1.12 bits per heavy atom. The minimum Gasteiger partial charge on any atom is -0.493 e. The molecule has 0 N–H and O–H groups in total. The van der Waals surface area contributed by atoms with Crippen molar-refractivity contribution in [2.75, 3.05) is 20.3 Å². The summed E-state index contributed by atoms with van der Waals surface area (Å²) in [6.45, 7) is 4.39. The van der Waals surface area contributed by atoms with Gasteiger partial charge in [0.1, 0.15) is 17.1 Å². The molecule has 0 aliphatic rings. The molecule has 0 spiro atoms. The molecule has 0 heterocycles. The predicted octanol–water partition coefficient (Wildman–Crippen LogP) is 2.68. The molecule has 0 saturated heterocycles. The van der Waals surface area contributed by atoms with E-state index in [9.17, 15) is 14.4 Å². The van der Waals surface area contributed by atoms with Crippen LogP contribution in [0.15, 0.2) is 30.9 Å². The van der Waals surface area contributed by atoms with E-state index in [4.69, 9.17) is 18.9 Å². The highest BCUT2D eigenvalue weighted by Gasteiger charge is 2.14. The summed E-state index contributed by atoms with van der Waals surface area (Å²) in [5.41, 5.74) is 0.193. The topological polar surface area (TPSA) is 88.1 Å². The van der Waals surface area contributed by atoms with Gasteiger partial charge in [-0.1, -0.05) is 6.58 Å². The first-order valence-corrected chi connectivity index (χ1v) is 7.87. The van der Waals surface area contributed by atoms with Gasteiger partial charge < -0.3 is 18.9 Å². The van der Waals surface area contributed by atoms with E-state index in [-0.39, 0.29) is 17.8 Å². The molecule has 0 unspecified atom stereocenters. The number of esters is 2. The summed E-state index contributed by atoms with van der Waals surface area (Å²) < 4.78 is 19.9. The molecule has 7 heteroatoms. The number of hydrogen-bond donors (Lipinski definition) is 0. The van der Waals surface area contributed by atoms with E-state index in [0.29, 0.717) is 19.0 Å². The molecule has 0 aliphatic carbocycles. The molecule has 0 radical (unpaired) electrons. The summed E-state index contributed by atoms with van der Waals surface area (Å²) in [4.78, 5) is 33.0. The summed E-state index contributed by atoms with van der Waals surface area (Å²) in [5.74, 6) is -0.391. The summed E-state index contributed by atoms with van der Waals surface area (Å²) in [7, 11) is 1.26. The van der Waals surface area contributed by atoms with Crippen LogP contribution in [0.3, 0.4) is 0 Å². The smallest absolute Gasteiger partial charge is 0.341 e. The van der Waals surface area contributed by atoms with E-state index < -0.39 is 11.9 Å². The summed E-state index contributed by atoms with van der Waals surface area (Å²) in [6, 6.07) is 4.48. The van der Waals surface area contributed by atoms with Crippen molar-refractivity contribution in [3.63, 3.8) is 0 Å². The summed E-state index contributed by atoms with van der Waals surface area (Å²) in [6.07, 6.45) is 4.47. The molecule has 0 aliphatic heterocycles. The summed E-state index contributed by atoms with van der Waals surface area (Å²) >= 11 is 0. The maximum Gasteiger partial charge on any atom is 0.341 e. The fourth-order valence-electron chi connectivity index (χ4n) is 2.00. The molecule has 1 aromatic rings. The van der Waals surface area contributed by atoms with Crippen molar-refractivity contribution < 1.29 is 33.3 Å². The maximum atomic E-state index is 11.8. The Labute approximate surface area is 146 Å². The molecule has 0 atom stereocenters. The molecule has 1 rings (SSSR count). The highest BCUT2D eigenvalue weighted by Crippen LogP contribution is 2.25. The number of carbonyl (C=O) groups excluding carboxylic acids is 3. The van der Waals surface area contributed by atoms with Crippen molar-refractivity contribution in [2.45, 2.75) is 25.7 Å². The van der Waals surface area contributed by atoms with Crippen molar-refractivity contribution in [3.05, 3.63) is 36.4 Å². The fourth-order valence-corrected chi connectivity index (χ4v) is 2.00. The highest BCUT2D eigenvalue weighted by atomic mass is 16.5. The number of carbonyl (C=O) groups is 3. The lowest BCUT2D eigenvalue weighted by atomic mass is 10.2. The zero-order valence-corrected chi connectivity index (χ0v) is 14.2. The molecule has 7 nitrogen and oxygen atoms in total. The predicted molar refractivity (Wildman–Crippen MR) is 89.6 cm³/mol. The molecular formula is C18H22O7. The first-order valence-electron chi connectivity index (χ1n) is 7.87. The van der Waals surface area contributed by atoms with Crippen LogP contribution in [0.25, 0.3) is 0 Å². The van der Waals surface area contributed by atoms with Crippen molar-refractivity contribution in [1.82, 2.24) is 0 Å². The lowest BCUT2D eigenvalue weighted by Gasteiger charge is -2.11. The third kappa shape index (κ3) is 7.52. The first kappa shape index (κ1) is 20.2. The van der Waals surface area contributed by atoms with Crippen molar-refractivity contribution in [3.8, 4) is 11.5 Å². The SMILES string of the molecule is C=CC(=O)OCCCCCCOc1ccc(OC=O)cc1C(=O)OC. The van der Waals surface area contributed by atoms with Crippen molar-refractivity contribution in [1.29, 1.82) is 0 Å². The molecule has 0 amide bonds. The molecule has 0 bridgehead atoms. The van der Waals surface area contributed by atoms with Gasteiger partial charge in [-0.3, -0.25) is 4.79 Å². The largest absolute Gasteiger partial charge is 0.493 e. The average molecular weight is 350 g/mol. The van der Waals surface area contributed by atoms with Crippen LogP contribution in [-0.4, -0.2) is 38.7 Å². The molecule has 0 aromatic heterocycles. The quantitative estimate of drug-likeness (QED) is 0.248. The van der Waals surface area contributed by atoms with Gasteiger partial charge in [0.25, 0.3) is 6.47 Å². The Balaban J connectivity index is 2.38. The average Bonchev–Trinajstić information content (AvgIpc) is 2.63. The van der Waals surface area contributed by atoms with Crippen molar-refractivity contribution >= 4 is 18.4 Å². The Hall–Kier alpha value is -2.83. The maximum absolute atomic E-state index is 11.8. The normalized spacial score (nSPS) is 9.80. The Morgan fingerprint density at radius 3 is 2.48 bits per heavy atom. The number of benzene rings is 1. The lowest BCUT2D eigenvalue weighted by Crippen LogP contribution is -2.07. The van der Waals surface area contributed by atoms with Crippen LogP contribution in [-0.2, 0) is 19.1 Å². The van der Waals surface area contributed by atoms with Gasteiger partial charge in [0.05, 0.1) is 20.3 Å². The van der Waals surface area contributed by atoms with Crippen LogP contribution in [0.4, 0.5) is 0 Å². The van der Waals surface area contributed by atoms with Gasteiger partial charge in [-0.25, -0.2) is 9.59 Å².